The zero-order chi connectivity index (χ0) is 0. The topological polar surface area (TPSA) is 63.0 Å². The third kappa shape index (κ3) is 8.89. The molecule has 0 aromatic heterocycles. The standard InChI is InChI=1S/K.2H2O.Os.H/h;2*1H2;;. The molecule has 0 heterocycles. The summed E-state index contributed by atoms with van der Waals surface area (Å²) in [6.45, 7) is 0. The molecule has 0 amide bonds. The number of hydrogen-bond donors (Lipinski definition) is 0. The van der Waals surface area contributed by atoms with Gasteiger partial charge in [0.15, 0.2) is 0 Å². The van der Waals surface area contributed by atoms with Gasteiger partial charge in [0.1, 0.15) is 0 Å². The summed E-state index contributed by atoms with van der Waals surface area (Å²) in [5, 5.41) is 0. The molecule has 4 heavy (non-hydrogen) atoms. The predicted molar refractivity (Wildman–Crippen MR) is 14.4 cm³/mol. The molecule has 0 aliphatic rings. The third-order valence-corrected chi connectivity index (χ3v) is 0. The van der Waals surface area contributed by atoms with Crippen molar-refractivity contribution in [3.63, 3.8) is 0 Å². The van der Waals surface area contributed by atoms with Crippen molar-refractivity contribution >= 4 is 51.4 Å². The van der Waals surface area contributed by atoms with Crippen LogP contribution >= 0.6 is 0 Å². The first-order valence-corrected chi connectivity index (χ1v) is 0. The van der Waals surface area contributed by atoms with E-state index in [9.17, 15) is 0 Å². The van der Waals surface area contributed by atoms with Crippen molar-refractivity contribution in [2.45, 2.75) is 0 Å². The number of rotatable bonds is 0. The van der Waals surface area contributed by atoms with E-state index >= 15 is 0 Å². The molecule has 0 aliphatic heterocycles. The van der Waals surface area contributed by atoms with E-state index in [1.807, 2.05) is 0 Å². The van der Waals surface area contributed by atoms with Crippen molar-refractivity contribution in [3.05, 3.63) is 0 Å². The summed E-state index contributed by atoms with van der Waals surface area (Å²) in [6.07, 6.45) is 0. The van der Waals surface area contributed by atoms with Crippen molar-refractivity contribution in [1.82, 2.24) is 0 Å². The van der Waals surface area contributed by atoms with Crippen LogP contribution in [0.15, 0.2) is 0 Å². The van der Waals surface area contributed by atoms with E-state index in [4.69, 9.17) is 0 Å². The van der Waals surface area contributed by atoms with Gasteiger partial charge in [0.05, 0.1) is 0 Å². The van der Waals surface area contributed by atoms with Crippen LogP contribution in [0.5, 0.6) is 0 Å². The average Bonchev–Trinajstić information content (AvgIpc) is 0. The van der Waals surface area contributed by atoms with Gasteiger partial charge in [-0.15, -0.1) is 0 Å². The van der Waals surface area contributed by atoms with Gasteiger partial charge in [-0.1, -0.05) is 0 Å². The van der Waals surface area contributed by atoms with E-state index in [0.717, 1.165) is 0 Å². The predicted octanol–water partition coefficient (Wildman–Crippen LogP) is -2.30. The summed E-state index contributed by atoms with van der Waals surface area (Å²) >= 11 is 0. The minimum Gasteiger partial charge on any atom is 0 e. The Hall–Kier alpha value is 2.19. The molecule has 0 saturated carbocycles. The molecule has 0 atom stereocenters. The van der Waals surface area contributed by atoms with E-state index in [1.54, 1.807) is 0 Å². The van der Waals surface area contributed by atoms with Gasteiger partial charge in [-0.3, -0.25) is 0 Å². The van der Waals surface area contributed by atoms with Gasteiger partial charge in [-0.2, -0.15) is 0 Å². The molecular formula is H5KO2Os. The summed E-state index contributed by atoms with van der Waals surface area (Å²) in [5.74, 6) is 0. The maximum Gasteiger partial charge on any atom is 0 e. The summed E-state index contributed by atoms with van der Waals surface area (Å²) in [7, 11) is 0. The fourth-order valence-electron chi connectivity index (χ4n) is 0. The minimum absolute atomic E-state index is 0. The molecule has 0 saturated heterocycles. The molecule has 4 heteroatoms. The largest absolute Gasteiger partial charge is 0 e. The minimum atomic E-state index is 0. The molecule has 0 spiro atoms. The van der Waals surface area contributed by atoms with Crippen LogP contribution in [0.4, 0.5) is 0 Å². The second kappa shape index (κ2) is 19.0. The summed E-state index contributed by atoms with van der Waals surface area (Å²) < 4.78 is 0. The van der Waals surface area contributed by atoms with E-state index in [2.05, 4.69) is 0 Å². The van der Waals surface area contributed by atoms with Crippen molar-refractivity contribution in [3.8, 4) is 0 Å². The molecule has 0 fully saturated rings. The Balaban J connectivity index is 0. The Morgan fingerprint density at radius 1 is 0.750 bits per heavy atom. The first-order valence-electron chi connectivity index (χ1n) is 0. The van der Waals surface area contributed by atoms with Gasteiger partial charge in [0.25, 0.3) is 0 Å². The van der Waals surface area contributed by atoms with Crippen molar-refractivity contribution < 1.29 is 30.7 Å². The van der Waals surface area contributed by atoms with Crippen LogP contribution in [-0.4, -0.2) is 62.3 Å². The van der Waals surface area contributed by atoms with Gasteiger partial charge in [0.2, 0.25) is 0 Å². The van der Waals surface area contributed by atoms with Crippen LogP contribution in [0.25, 0.3) is 0 Å². The first-order chi connectivity index (χ1) is 0. The van der Waals surface area contributed by atoms with Crippen LogP contribution in [0.3, 0.4) is 0 Å². The van der Waals surface area contributed by atoms with E-state index in [1.165, 1.54) is 0 Å². The fourth-order valence-corrected chi connectivity index (χ4v) is 0. The summed E-state index contributed by atoms with van der Waals surface area (Å²) in [5.41, 5.74) is 0. The zero-order valence-electron chi connectivity index (χ0n) is 1.35. The molecule has 0 rings (SSSR count). The monoisotopic (exact) mass is 268 g/mol. The van der Waals surface area contributed by atoms with Crippen molar-refractivity contribution in [2.24, 2.45) is 0 Å². The molecule has 0 radical (unpaired) electrons. The molecule has 0 aliphatic carbocycles. The average molecular weight is 266 g/mol. The van der Waals surface area contributed by atoms with E-state index < -0.39 is 0 Å². The van der Waals surface area contributed by atoms with Crippen LogP contribution in [0.1, 0.15) is 0 Å². The van der Waals surface area contributed by atoms with E-state index in [-0.39, 0.29) is 82.1 Å². The molecule has 0 aromatic carbocycles. The van der Waals surface area contributed by atoms with Crippen LogP contribution in [-0.2, 0) is 19.8 Å². The Morgan fingerprint density at radius 3 is 0.750 bits per heavy atom. The summed E-state index contributed by atoms with van der Waals surface area (Å²) in [4.78, 5) is 0. The van der Waals surface area contributed by atoms with Gasteiger partial charge in [-0.05, 0) is 0 Å². The Bertz CT molecular complexity index is 6.00. The molecule has 0 bridgehead atoms. The quantitative estimate of drug-likeness (QED) is 0.443. The van der Waals surface area contributed by atoms with E-state index in [0.29, 0.717) is 0 Å². The smallest absolute Gasteiger partial charge is 0 e. The molecule has 2 nitrogen and oxygen atoms in total. The van der Waals surface area contributed by atoms with Gasteiger partial charge in [0, 0.05) is 19.8 Å². The third-order valence-electron chi connectivity index (χ3n) is 0. The summed E-state index contributed by atoms with van der Waals surface area (Å²) in [6, 6.07) is 0. The van der Waals surface area contributed by atoms with Crippen LogP contribution in [0, 0.1) is 0 Å². The molecular weight excluding hydrogens is 261 g/mol. The van der Waals surface area contributed by atoms with Crippen LogP contribution in [0.2, 0.25) is 0 Å². The normalized spacial score (nSPS) is 0. The van der Waals surface area contributed by atoms with Crippen molar-refractivity contribution in [2.75, 3.05) is 0 Å². The molecule has 4 N–H and O–H groups in total. The van der Waals surface area contributed by atoms with Crippen LogP contribution < -0.4 is 0 Å². The Kier molecular flexibility index (Phi) is 165. The molecule has 26 valence electrons. The maximum atomic E-state index is 0. The molecule has 0 aromatic rings. The second-order valence-electron chi connectivity index (χ2n) is 0. The zero-order valence-corrected chi connectivity index (χ0v) is 3.89. The first kappa shape index (κ1) is 34.7. The van der Waals surface area contributed by atoms with Gasteiger partial charge < -0.3 is 11.0 Å². The van der Waals surface area contributed by atoms with Gasteiger partial charge in [-0.25, -0.2) is 0 Å². The maximum absolute atomic E-state index is 0. The fraction of sp³-hybridized carbons (Fsp3) is 0. The Labute approximate surface area is 80.4 Å². The SMILES string of the molecule is O.O.[KH].[Os]. The van der Waals surface area contributed by atoms with Crippen molar-refractivity contribution in [1.29, 1.82) is 0 Å². The Morgan fingerprint density at radius 2 is 0.750 bits per heavy atom. The second-order valence-corrected chi connectivity index (χ2v) is 0. The number of hydrogen-bond acceptors (Lipinski definition) is 0. The molecule has 0 unspecified atom stereocenters. The van der Waals surface area contributed by atoms with Gasteiger partial charge >= 0.3 is 51.4 Å².